The molecule has 3 heterocycles. The van der Waals surface area contributed by atoms with Crippen LogP contribution in [0, 0.1) is 6.92 Å². The smallest absolute Gasteiger partial charge is 0.275 e. The Balaban J connectivity index is 1.67. The number of hydrogen-bond acceptors (Lipinski definition) is 6. The summed E-state index contributed by atoms with van der Waals surface area (Å²) in [4.78, 5) is 30.5. The van der Waals surface area contributed by atoms with E-state index in [1.54, 1.807) is 23.6 Å². The van der Waals surface area contributed by atoms with Crippen LogP contribution in [0.4, 0.5) is 5.69 Å². The van der Waals surface area contributed by atoms with Gasteiger partial charge in [-0.15, -0.1) is 16.4 Å². The third-order valence-corrected chi connectivity index (χ3v) is 5.17. The van der Waals surface area contributed by atoms with Crippen LogP contribution >= 0.6 is 11.3 Å². The van der Waals surface area contributed by atoms with Crippen LogP contribution in [-0.2, 0) is 11.3 Å². The lowest BCUT2D eigenvalue weighted by Crippen LogP contribution is -2.25. The van der Waals surface area contributed by atoms with Gasteiger partial charge >= 0.3 is 0 Å². The van der Waals surface area contributed by atoms with E-state index in [2.05, 4.69) is 15.4 Å². The molecule has 0 saturated heterocycles. The first kappa shape index (κ1) is 18.9. The summed E-state index contributed by atoms with van der Waals surface area (Å²) in [5, 5.41) is 9.10. The average Bonchev–Trinajstić information content (AvgIpc) is 3.37. The monoisotopic (exact) mass is 409 g/mol. The molecule has 1 N–H and O–H groups in total. The minimum atomic E-state index is -0.286. The molecule has 0 fully saturated rings. The number of rotatable bonds is 6. The van der Waals surface area contributed by atoms with Gasteiger partial charge in [0, 0.05) is 11.8 Å². The van der Waals surface area contributed by atoms with Crippen LogP contribution in [0.5, 0.6) is 5.75 Å². The Morgan fingerprint density at radius 3 is 2.83 bits per heavy atom. The second-order valence-electron chi connectivity index (χ2n) is 6.31. The number of aryl methyl sites for hydroxylation is 1. The van der Waals surface area contributed by atoms with Crippen molar-refractivity contribution >= 4 is 28.7 Å². The number of ether oxygens (including phenoxy) is 1. The number of carbonyl (C=O) groups is 1. The lowest BCUT2D eigenvalue weighted by Gasteiger charge is -2.14. The van der Waals surface area contributed by atoms with Crippen molar-refractivity contribution in [1.29, 1.82) is 0 Å². The maximum Gasteiger partial charge on any atom is 0.275 e. The Kier molecular flexibility index (Phi) is 5.13. The number of anilines is 1. The van der Waals surface area contributed by atoms with Gasteiger partial charge in [0.25, 0.3) is 5.56 Å². The largest absolute Gasteiger partial charge is 0.492 e. The summed E-state index contributed by atoms with van der Waals surface area (Å²) in [6.07, 6.45) is 0. The van der Waals surface area contributed by atoms with Crippen molar-refractivity contribution in [3.63, 3.8) is 0 Å². The third-order valence-electron chi connectivity index (χ3n) is 4.30. The number of nitrogens with one attached hydrogen (secondary N) is 1. The van der Waals surface area contributed by atoms with Crippen LogP contribution < -0.4 is 15.6 Å². The summed E-state index contributed by atoms with van der Waals surface area (Å²) in [5.41, 5.74) is 0.932. The molecule has 0 aliphatic heterocycles. The van der Waals surface area contributed by atoms with Crippen molar-refractivity contribution in [2.75, 3.05) is 11.9 Å². The van der Waals surface area contributed by atoms with E-state index < -0.39 is 0 Å². The number of benzene rings is 1. The number of nitrogens with zero attached hydrogens (tertiary/aromatic N) is 4. The van der Waals surface area contributed by atoms with E-state index in [1.165, 1.54) is 21.9 Å². The highest BCUT2D eigenvalue weighted by Gasteiger charge is 2.16. The molecule has 1 aromatic carbocycles. The van der Waals surface area contributed by atoms with Crippen molar-refractivity contribution in [2.24, 2.45) is 0 Å². The maximum absolute atomic E-state index is 12.7. The molecular weight excluding hydrogens is 390 g/mol. The molecule has 0 unspecified atom stereocenters. The molecule has 0 bridgehead atoms. The predicted octanol–water partition coefficient (Wildman–Crippen LogP) is 2.97. The van der Waals surface area contributed by atoms with Crippen molar-refractivity contribution < 1.29 is 9.53 Å². The zero-order valence-corrected chi connectivity index (χ0v) is 16.8. The minimum absolute atomic E-state index is 0.0152. The fourth-order valence-electron chi connectivity index (χ4n) is 2.99. The van der Waals surface area contributed by atoms with Crippen LogP contribution in [0.3, 0.4) is 0 Å². The normalized spacial score (nSPS) is 11.0. The van der Waals surface area contributed by atoms with Crippen molar-refractivity contribution in [3.05, 3.63) is 63.9 Å². The Hall–Kier alpha value is -3.46. The number of thiophene rings is 1. The number of aromatic nitrogens is 4. The second-order valence-corrected chi connectivity index (χ2v) is 7.26. The number of amides is 1. The van der Waals surface area contributed by atoms with Gasteiger partial charge in [-0.25, -0.2) is 0 Å². The Bertz CT molecular complexity index is 1230. The van der Waals surface area contributed by atoms with Gasteiger partial charge in [0.1, 0.15) is 12.3 Å². The highest BCUT2D eigenvalue weighted by molar-refractivity contribution is 7.13. The first-order chi connectivity index (χ1) is 14.1. The Labute approximate surface area is 170 Å². The summed E-state index contributed by atoms with van der Waals surface area (Å²) in [7, 11) is 0. The third kappa shape index (κ3) is 3.77. The Morgan fingerprint density at radius 2 is 2.07 bits per heavy atom. The van der Waals surface area contributed by atoms with E-state index in [4.69, 9.17) is 4.74 Å². The van der Waals surface area contributed by atoms with E-state index in [-0.39, 0.29) is 18.0 Å². The van der Waals surface area contributed by atoms with E-state index >= 15 is 0 Å². The van der Waals surface area contributed by atoms with Crippen molar-refractivity contribution in [2.45, 2.75) is 20.4 Å². The molecule has 29 heavy (non-hydrogen) atoms. The van der Waals surface area contributed by atoms with Gasteiger partial charge in [-0.2, -0.15) is 9.50 Å². The summed E-state index contributed by atoms with van der Waals surface area (Å²) >= 11 is 1.49. The highest BCUT2D eigenvalue weighted by atomic mass is 32.1. The quantitative estimate of drug-likeness (QED) is 0.529. The molecule has 4 rings (SSSR count). The molecule has 9 heteroatoms. The van der Waals surface area contributed by atoms with Gasteiger partial charge in [0.05, 0.1) is 17.2 Å². The molecule has 148 valence electrons. The average molecular weight is 409 g/mol. The zero-order valence-electron chi connectivity index (χ0n) is 16.0. The van der Waals surface area contributed by atoms with Gasteiger partial charge in [-0.1, -0.05) is 18.2 Å². The molecule has 0 spiro atoms. The van der Waals surface area contributed by atoms with Crippen LogP contribution in [0.25, 0.3) is 16.5 Å². The highest BCUT2D eigenvalue weighted by Crippen LogP contribution is 2.24. The van der Waals surface area contributed by atoms with Crippen LogP contribution in [0.2, 0.25) is 0 Å². The molecule has 0 atom stereocenters. The molecule has 1 amide bonds. The standard InChI is InChI=1S/C20H19N5O3S/c1-3-28-15-8-5-4-7-14(15)21-17(26)12-24-13(2)11-18(27)25-20(24)22-19(23-25)16-9-6-10-29-16/h4-11H,3,12H2,1-2H3,(H,21,26). The van der Waals surface area contributed by atoms with Crippen LogP contribution in [-0.4, -0.2) is 31.7 Å². The van der Waals surface area contributed by atoms with Gasteiger partial charge in [-0.05, 0) is 37.4 Å². The molecule has 3 aromatic heterocycles. The number of para-hydroxylation sites is 2. The molecule has 8 nitrogen and oxygen atoms in total. The number of carbonyl (C=O) groups excluding carboxylic acids is 1. The summed E-state index contributed by atoms with van der Waals surface area (Å²) in [6, 6.07) is 12.5. The van der Waals surface area contributed by atoms with E-state index in [0.717, 1.165) is 4.88 Å². The Morgan fingerprint density at radius 1 is 1.24 bits per heavy atom. The van der Waals surface area contributed by atoms with Gasteiger partial charge in [-0.3, -0.25) is 9.59 Å². The van der Waals surface area contributed by atoms with Crippen molar-refractivity contribution in [3.8, 4) is 16.5 Å². The molecule has 0 radical (unpaired) electrons. The van der Waals surface area contributed by atoms with E-state index in [1.807, 2.05) is 36.6 Å². The summed E-state index contributed by atoms with van der Waals surface area (Å²) < 4.78 is 8.45. The van der Waals surface area contributed by atoms with Gasteiger partial charge in [0.15, 0.2) is 5.82 Å². The SMILES string of the molecule is CCOc1ccccc1NC(=O)Cn1c(C)cc(=O)n2nc(-c3cccs3)nc12. The second kappa shape index (κ2) is 7.88. The molecule has 0 saturated carbocycles. The lowest BCUT2D eigenvalue weighted by molar-refractivity contribution is -0.116. The number of hydrogen-bond donors (Lipinski definition) is 1. The number of fused-ring (bicyclic) bond motifs is 1. The molecule has 0 aliphatic rings. The first-order valence-electron chi connectivity index (χ1n) is 9.09. The van der Waals surface area contributed by atoms with E-state index in [9.17, 15) is 9.59 Å². The fourth-order valence-corrected chi connectivity index (χ4v) is 3.64. The van der Waals surface area contributed by atoms with Gasteiger partial charge in [0.2, 0.25) is 11.7 Å². The molecule has 4 aromatic rings. The molecular formula is C20H19N5O3S. The topological polar surface area (TPSA) is 90.5 Å². The minimum Gasteiger partial charge on any atom is -0.492 e. The predicted molar refractivity (Wildman–Crippen MR) is 112 cm³/mol. The molecule has 0 aliphatic carbocycles. The fraction of sp³-hybridized carbons (Fsp3) is 0.200. The lowest BCUT2D eigenvalue weighted by atomic mass is 10.3. The van der Waals surface area contributed by atoms with Crippen LogP contribution in [0.15, 0.2) is 52.6 Å². The van der Waals surface area contributed by atoms with Crippen molar-refractivity contribution in [1.82, 2.24) is 19.2 Å². The zero-order chi connectivity index (χ0) is 20.4. The maximum atomic E-state index is 12.7. The van der Waals surface area contributed by atoms with E-state index in [0.29, 0.717) is 35.3 Å². The van der Waals surface area contributed by atoms with Crippen LogP contribution in [0.1, 0.15) is 12.6 Å². The summed E-state index contributed by atoms with van der Waals surface area (Å²) in [5.74, 6) is 1.13. The summed E-state index contributed by atoms with van der Waals surface area (Å²) in [6.45, 7) is 4.13. The van der Waals surface area contributed by atoms with Gasteiger partial charge < -0.3 is 14.6 Å². The first-order valence-corrected chi connectivity index (χ1v) is 9.97.